The molecule has 0 aliphatic heterocycles. The van der Waals surface area contributed by atoms with Gasteiger partial charge in [-0.1, -0.05) is 30.3 Å². The normalized spacial score (nSPS) is 10.6. The van der Waals surface area contributed by atoms with Crippen LogP contribution in [0.25, 0.3) is 10.4 Å². The Morgan fingerprint density at radius 2 is 1.61 bits per heavy atom. The lowest BCUT2D eigenvalue weighted by molar-refractivity contribution is 0.0527. The molecule has 2 heterocycles. The number of amides is 1. The van der Waals surface area contributed by atoms with E-state index < -0.39 is 17.8 Å². The first-order valence-electron chi connectivity index (χ1n) is 9.69. The van der Waals surface area contributed by atoms with E-state index in [1.165, 1.54) is 11.3 Å². The Balaban J connectivity index is 2.01. The van der Waals surface area contributed by atoms with Gasteiger partial charge in [0.05, 0.1) is 28.7 Å². The van der Waals surface area contributed by atoms with E-state index in [-0.39, 0.29) is 34.3 Å². The lowest BCUT2D eigenvalue weighted by Gasteiger charge is -2.07. The van der Waals surface area contributed by atoms with Gasteiger partial charge in [0, 0.05) is 0 Å². The highest BCUT2D eigenvalue weighted by Crippen LogP contribution is 2.36. The third-order valence-corrected chi connectivity index (χ3v) is 6.51. The van der Waals surface area contributed by atoms with E-state index in [0.717, 1.165) is 26.8 Å². The number of ether oxygens (including phenoxy) is 2. The third-order valence-electron chi connectivity index (χ3n) is 4.30. The smallest absolute Gasteiger partial charge is 0.348 e. The molecule has 0 saturated heterocycles. The van der Waals surface area contributed by atoms with Crippen molar-refractivity contribution in [3.63, 3.8) is 0 Å². The van der Waals surface area contributed by atoms with Gasteiger partial charge in [0.15, 0.2) is 0 Å². The maximum Gasteiger partial charge on any atom is 0.348 e. The van der Waals surface area contributed by atoms with E-state index in [1.54, 1.807) is 20.8 Å². The molecule has 0 aliphatic carbocycles. The number of hydrogen-bond donors (Lipinski definition) is 1. The van der Waals surface area contributed by atoms with Crippen molar-refractivity contribution in [2.45, 2.75) is 27.7 Å². The lowest BCUT2D eigenvalue weighted by Crippen LogP contribution is -2.16. The first kappa shape index (κ1) is 22.6. The SMILES string of the molecule is CCOC(=O)c1sc(NC(=O)c2nc(C)sc2-c2ccccc2)c(C(=O)OCC)c1C. The maximum atomic E-state index is 13.1. The molecule has 0 spiro atoms. The summed E-state index contributed by atoms with van der Waals surface area (Å²) in [5, 5.41) is 3.73. The summed E-state index contributed by atoms with van der Waals surface area (Å²) in [5.41, 5.74) is 1.69. The molecule has 1 aromatic carbocycles. The van der Waals surface area contributed by atoms with Gasteiger partial charge in [-0.25, -0.2) is 14.6 Å². The number of nitrogens with zero attached hydrogens (tertiary/aromatic N) is 1. The first-order valence-corrected chi connectivity index (χ1v) is 11.3. The molecule has 7 nitrogen and oxygen atoms in total. The summed E-state index contributed by atoms with van der Waals surface area (Å²) >= 11 is 2.40. The fourth-order valence-electron chi connectivity index (χ4n) is 2.97. The Hall–Kier alpha value is -3.04. The second kappa shape index (κ2) is 9.84. The van der Waals surface area contributed by atoms with Crippen LogP contribution in [-0.2, 0) is 9.47 Å². The van der Waals surface area contributed by atoms with E-state index in [0.29, 0.717) is 5.56 Å². The minimum absolute atomic E-state index is 0.150. The molecular formula is C22H22N2O5S2. The van der Waals surface area contributed by atoms with E-state index in [9.17, 15) is 14.4 Å². The van der Waals surface area contributed by atoms with E-state index in [1.807, 2.05) is 37.3 Å². The Morgan fingerprint density at radius 3 is 2.26 bits per heavy atom. The molecule has 1 amide bonds. The first-order chi connectivity index (χ1) is 14.9. The minimum atomic E-state index is -0.611. The summed E-state index contributed by atoms with van der Waals surface area (Å²) in [6.45, 7) is 7.21. The summed E-state index contributed by atoms with van der Waals surface area (Å²) < 4.78 is 10.2. The molecule has 162 valence electrons. The number of carbonyl (C=O) groups is 3. The number of anilines is 1. The average Bonchev–Trinajstić information content (AvgIpc) is 3.29. The van der Waals surface area contributed by atoms with Crippen molar-refractivity contribution in [1.82, 2.24) is 4.98 Å². The van der Waals surface area contributed by atoms with Gasteiger partial charge in [-0.3, -0.25) is 4.79 Å². The Morgan fingerprint density at radius 1 is 0.968 bits per heavy atom. The zero-order valence-electron chi connectivity index (χ0n) is 17.6. The van der Waals surface area contributed by atoms with Crippen molar-refractivity contribution in [2.75, 3.05) is 18.5 Å². The molecule has 9 heteroatoms. The zero-order valence-corrected chi connectivity index (χ0v) is 19.2. The second-order valence-electron chi connectivity index (χ2n) is 6.43. The lowest BCUT2D eigenvalue weighted by atomic mass is 10.1. The highest BCUT2D eigenvalue weighted by Gasteiger charge is 2.28. The molecule has 1 N–H and O–H groups in total. The summed E-state index contributed by atoms with van der Waals surface area (Å²) in [4.78, 5) is 43.4. The van der Waals surface area contributed by atoms with Crippen molar-refractivity contribution >= 4 is 45.5 Å². The molecule has 0 fully saturated rings. The quantitative estimate of drug-likeness (QED) is 0.495. The van der Waals surface area contributed by atoms with E-state index in [2.05, 4.69) is 10.3 Å². The highest BCUT2D eigenvalue weighted by atomic mass is 32.1. The van der Waals surface area contributed by atoms with Crippen LogP contribution in [0.2, 0.25) is 0 Å². The molecule has 3 rings (SSSR count). The maximum absolute atomic E-state index is 13.1. The number of hydrogen-bond acceptors (Lipinski definition) is 8. The van der Waals surface area contributed by atoms with Gasteiger partial charge >= 0.3 is 11.9 Å². The van der Waals surface area contributed by atoms with Crippen LogP contribution in [0.4, 0.5) is 5.00 Å². The number of thiazole rings is 1. The molecule has 31 heavy (non-hydrogen) atoms. The predicted molar refractivity (Wildman–Crippen MR) is 121 cm³/mol. The van der Waals surface area contributed by atoms with Crippen LogP contribution in [0, 0.1) is 13.8 Å². The number of aromatic nitrogens is 1. The molecular weight excluding hydrogens is 436 g/mol. The van der Waals surface area contributed by atoms with Gasteiger partial charge in [-0.15, -0.1) is 22.7 Å². The number of esters is 2. The summed E-state index contributed by atoms with van der Waals surface area (Å²) in [5.74, 6) is -1.63. The van der Waals surface area contributed by atoms with E-state index in [4.69, 9.17) is 9.47 Å². The predicted octanol–water partition coefficient (Wildman–Crippen LogP) is 5.09. The number of carbonyl (C=O) groups excluding carboxylic acids is 3. The molecule has 0 unspecified atom stereocenters. The van der Waals surface area contributed by atoms with Crippen LogP contribution < -0.4 is 5.32 Å². The number of nitrogens with one attached hydrogen (secondary N) is 1. The second-order valence-corrected chi connectivity index (χ2v) is 8.66. The van der Waals surface area contributed by atoms with Crippen LogP contribution in [0.3, 0.4) is 0 Å². The highest BCUT2D eigenvalue weighted by molar-refractivity contribution is 7.18. The number of thiophene rings is 1. The van der Waals surface area contributed by atoms with Crippen molar-refractivity contribution in [1.29, 1.82) is 0 Å². The Kier molecular flexibility index (Phi) is 7.19. The molecule has 2 aromatic heterocycles. The van der Waals surface area contributed by atoms with Gasteiger partial charge in [0.2, 0.25) is 0 Å². The largest absolute Gasteiger partial charge is 0.462 e. The van der Waals surface area contributed by atoms with Crippen LogP contribution in [0.15, 0.2) is 30.3 Å². The Bertz CT molecular complexity index is 1120. The van der Waals surface area contributed by atoms with Crippen LogP contribution in [-0.4, -0.2) is 36.0 Å². The Labute approximate surface area is 188 Å². The van der Waals surface area contributed by atoms with Crippen molar-refractivity contribution in [3.05, 3.63) is 57.0 Å². The molecule has 0 bridgehead atoms. The monoisotopic (exact) mass is 458 g/mol. The average molecular weight is 459 g/mol. The number of aryl methyl sites for hydroxylation is 1. The van der Waals surface area contributed by atoms with Crippen LogP contribution in [0.5, 0.6) is 0 Å². The summed E-state index contributed by atoms with van der Waals surface area (Å²) in [6, 6.07) is 9.48. The topological polar surface area (TPSA) is 94.6 Å². The van der Waals surface area contributed by atoms with Gasteiger partial charge < -0.3 is 14.8 Å². The summed E-state index contributed by atoms with van der Waals surface area (Å²) in [6.07, 6.45) is 0. The minimum Gasteiger partial charge on any atom is -0.462 e. The van der Waals surface area contributed by atoms with E-state index >= 15 is 0 Å². The van der Waals surface area contributed by atoms with Gasteiger partial charge in [0.1, 0.15) is 15.6 Å². The number of rotatable bonds is 7. The zero-order chi connectivity index (χ0) is 22.5. The summed E-state index contributed by atoms with van der Waals surface area (Å²) in [7, 11) is 0. The van der Waals surface area contributed by atoms with Gasteiger partial charge in [-0.05, 0) is 38.8 Å². The number of benzene rings is 1. The van der Waals surface area contributed by atoms with Crippen molar-refractivity contribution in [2.24, 2.45) is 0 Å². The standard InChI is InChI=1S/C22H22N2O5S2/c1-5-28-21(26)15-12(3)17(22(27)29-6-2)31-20(15)24-19(25)16-18(30-13(4)23-16)14-10-8-7-9-11-14/h7-11H,5-6H2,1-4H3,(H,24,25). The molecule has 0 aliphatic rings. The fourth-order valence-corrected chi connectivity index (χ4v) is 4.98. The third kappa shape index (κ3) is 4.83. The fraction of sp³-hybridized carbons (Fsp3) is 0.273. The molecule has 0 saturated carbocycles. The molecule has 3 aromatic rings. The van der Waals surface area contributed by atoms with Crippen molar-refractivity contribution < 1.29 is 23.9 Å². The van der Waals surface area contributed by atoms with Crippen LogP contribution >= 0.6 is 22.7 Å². The molecule has 0 radical (unpaired) electrons. The van der Waals surface area contributed by atoms with Gasteiger partial charge in [-0.2, -0.15) is 0 Å². The van der Waals surface area contributed by atoms with Gasteiger partial charge in [0.25, 0.3) is 5.91 Å². The van der Waals surface area contributed by atoms with Crippen LogP contribution in [0.1, 0.15) is 54.9 Å². The molecule has 0 atom stereocenters. The van der Waals surface area contributed by atoms with Crippen molar-refractivity contribution in [3.8, 4) is 10.4 Å².